The van der Waals surface area contributed by atoms with Crippen molar-refractivity contribution >= 4 is 47.9 Å². The summed E-state index contributed by atoms with van der Waals surface area (Å²) in [5.74, 6) is -0.539. The predicted molar refractivity (Wildman–Crippen MR) is 261 cm³/mol. The van der Waals surface area contributed by atoms with Crippen LogP contribution in [-0.4, -0.2) is 73.7 Å². The van der Waals surface area contributed by atoms with Crippen LogP contribution >= 0.6 is 7.82 Å². The van der Waals surface area contributed by atoms with Crippen LogP contribution in [0.1, 0.15) is 188 Å². The molecule has 14 heteroatoms. The first-order valence-electron chi connectivity index (χ1n) is 25.1. The first-order valence-corrected chi connectivity index (χ1v) is 26.6. The smallest absolute Gasteiger partial charge is 0.462 e. The van der Waals surface area contributed by atoms with Gasteiger partial charge in [-0.15, -0.1) is 0 Å². The highest BCUT2D eigenvalue weighted by Crippen LogP contribution is 2.45. The highest BCUT2D eigenvalue weighted by atomic mass is 31.2. The van der Waals surface area contributed by atoms with Crippen molar-refractivity contribution in [3.05, 3.63) is 36.4 Å². The Bertz CT molecular complexity index is 1650. The number of hydrogen-bond acceptors (Lipinski definition) is 12. The third-order valence-corrected chi connectivity index (χ3v) is 12.7. The maximum Gasteiger partial charge on any atom is 0.472 e. The van der Waals surface area contributed by atoms with E-state index in [2.05, 4.69) is 36.3 Å². The maximum atomic E-state index is 13.2. The number of ether oxygens (including phenoxy) is 3. The number of nitrogens with zero attached hydrogens (tertiary/aromatic N) is 2. The van der Waals surface area contributed by atoms with E-state index < -0.39 is 32.5 Å². The second-order valence-electron chi connectivity index (χ2n) is 17.3. The van der Waals surface area contributed by atoms with Gasteiger partial charge in [0.25, 0.3) is 0 Å². The summed E-state index contributed by atoms with van der Waals surface area (Å²) in [6.07, 6.45) is 31.5. The lowest BCUT2D eigenvalue weighted by atomic mass is 10.0. The molecule has 2 unspecified atom stereocenters. The van der Waals surface area contributed by atoms with E-state index in [1.165, 1.54) is 103 Å². The van der Waals surface area contributed by atoms with Crippen LogP contribution in [0.25, 0.3) is 10.9 Å². The summed E-state index contributed by atoms with van der Waals surface area (Å²) in [4.78, 5) is 43.0. The monoisotopic (exact) mass is 917 g/mol. The molecular weight excluding hydrogens is 832 g/mol. The van der Waals surface area contributed by atoms with Crippen molar-refractivity contribution in [2.75, 3.05) is 55.5 Å². The van der Waals surface area contributed by atoms with E-state index in [-0.39, 0.29) is 38.8 Å². The molecule has 1 aliphatic heterocycles. The average molecular weight is 917 g/mol. The van der Waals surface area contributed by atoms with Gasteiger partial charge in [0.2, 0.25) is 0 Å². The van der Waals surface area contributed by atoms with Gasteiger partial charge in [-0.2, -0.15) is 0 Å². The Hall–Kier alpha value is -3.22. The van der Waals surface area contributed by atoms with Crippen LogP contribution in [0.2, 0.25) is 0 Å². The molecule has 1 aromatic carbocycles. The normalized spacial score (nSPS) is 15.1. The molecule has 13 nitrogen and oxygen atoms in total. The Kier molecular flexibility index (Phi) is 29.4. The van der Waals surface area contributed by atoms with E-state index >= 15 is 0 Å². The van der Waals surface area contributed by atoms with Crippen molar-refractivity contribution in [3.8, 4) is 0 Å². The zero-order valence-corrected chi connectivity index (χ0v) is 40.8. The van der Waals surface area contributed by atoms with Gasteiger partial charge >= 0.3 is 19.8 Å². The first kappa shape index (κ1) is 55.1. The second-order valence-corrected chi connectivity index (χ2v) is 18.7. The van der Waals surface area contributed by atoms with Gasteiger partial charge in [-0.1, -0.05) is 160 Å². The van der Waals surface area contributed by atoms with Crippen molar-refractivity contribution in [3.63, 3.8) is 0 Å². The van der Waals surface area contributed by atoms with Gasteiger partial charge in [0.1, 0.15) is 24.3 Å². The van der Waals surface area contributed by atoms with E-state index in [4.69, 9.17) is 29.0 Å². The van der Waals surface area contributed by atoms with Crippen LogP contribution in [0.15, 0.2) is 36.4 Å². The molecule has 2 aromatic rings. The fourth-order valence-electron chi connectivity index (χ4n) is 8.04. The minimum Gasteiger partial charge on any atom is -0.462 e. The number of carbonyl (C=O) groups excluding carboxylic acids is 2. The SMILES string of the molecule is CCCCCCCC/C=C/CCCCCC(=O)O[C@H](COC(=O)CCCCCCCCCCCCCCC)COP(=O)(O)OCCN1c2c(c(N)nc3ccccc23)NC1COCC. The molecule has 3 rings (SSSR count). The molecule has 0 bridgehead atoms. The number of fused-ring (bicyclic) bond motifs is 3. The number of aromatic nitrogens is 1. The molecule has 364 valence electrons. The number of pyridine rings is 1. The number of hydrogen-bond donors (Lipinski definition) is 3. The van der Waals surface area contributed by atoms with Crippen molar-refractivity contribution in [2.45, 2.75) is 200 Å². The molecule has 64 heavy (non-hydrogen) atoms. The number of phosphoric acid groups is 1. The number of rotatable bonds is 40. The van der Waals surface area contributed by atoms with Crippen LogP contribution < -0.4 is 16.0 Å². The number of nitrogens with two attached hydrogens (primary N) is 1. The lowest BCUT2D eigenvalue weighted by Crippen LogP contribution is -2.41. The summed E-state index contributed by atoms with van der Waals surface area (Å²) in [5.41, 5.74) is 8.52. The summed E-state index contributed by atoms with van der Waals surface area (Å²) in [6.45, 7) is 6.47. The van der Waals surface area contributed by atoms with Crippen molar-refractivity contribution < 1.29 is 42.3 Å². The molecule has 1 aliphatic rings. The molecule has 0 radical (unpaired) electrons. The standard InChI is InChI=1S/C50H85N4O9P/c1-4-7-9-11-13-15-17-19-21-23-25-27-29-35-46(55)60-39-42(63-47(56)36-30-28-26-24-22-20-18-16-14-12-10-8-5-2)40-62-64(57,58)61-38-37-54-45(41-59-6-3)53-48-49(54)43-33-31-32-34-44(43)52-50(48)51/h20,22,31-34,42,45,53H,4-19,21,23-30,35-41H2,1-3H3,(H2,51,52)(H,57,58)/b22-20+/t42-,45?/m1/s1. The van der Waals surface area contributed by atoms with Gasteiger partial charge in [-0.3, -0.25) is 18.6 Å². The number of benzene rings is 1. The summed E-state index contributed by atoms with van der Waals surface area (Å²) < 4.78 is 40.9. The summed E-state index contributed by atoms with van der Waals surface area (Å²) in [5, 5.41) is 4.25. The molecule has 0 amide bonds. The van der Waals surface area contributed by atoms with Crippen LogP contribution in [0, 0.1) is 0 Å². The number of nitrogen functional groups attached to an aromatic ring is 1. The summed E-state index contributed by atoms with van der Waals surface area (Å²) >= 11 is 0. The Morgan fingerprint density at radius 1 is 0.766 bits per heavy atom. The lowest BCUT2D eigenvalue weighted by molar-refractivity contribution is -0.161. The van der Waals surface area contributed by atoms with Crippen LogP contribution in [0.5, 0.6) is 0 Å². The number of carbonyl (C=O) groups is 2. The highest BCUT2D eigenvalue weighted by Gasteiger charge is 2.34. The molecule has 0 spiro atoms. The quantitative estimate of drug-likeness (QED) is 0.0250. The first-order chi connectivity index (χ1) is 31.2. The van der Waals surface area contributed by atoms with E-state index in [1.807, 2.05) is 36.1 Å². The largest absolute Gasteiger partial charge is 0.472 e. The molecule has 1 aromatic heterocycles. The highest BCUT2D eigenvalue weighted by molar-refractivity contribution is 7.47. The number of esters is 2. The zero-order valence-electron chi connectivity index (χ0n) is 39.9. The van der Waals surface area contributed by atoms with Crippen LogP contribution in [-0.2, 0) is 37.4 Å². The van der Waals surface area contributed by atoms with Crippen molar-refractivity contribution in [1.82, 2.24) is 4.98 Å². The molecule has 0 fully saturated rings. The number of para-hydroxylation sites is 1. The third kappa shape index (κ3) is 23.3. The van der Waals surface area contributed by atoms with Gasteiger partial charge in [-0.05, 0) is 51.5 Å². The van der Waals surface area contributed by atoms with Crippen molar-refractivity contribution in [2.24, 2.45) is 0 Å². The maximum absolute atomic E-state index is 13.2. The number of phosphoric ester groups is 1. The minimum absolute atomic E-state index is 0.180. The zero-order chi connectivity index (χ0) is 46.1. The van der Waals surface area contributed by atoms with Crippen LogP contribution in [0.4, 0.5) is 17.2 Å². The van der Waals surface area contributed by atoms with Gasteiger partial charge in [0.15, 0.2) is 6.10 Å². The van der Waals surface area contributed by atoms with Gasteiger partial charge in [0.05, 0.1) is 31.0 Å². The molecule has 4 N–H and O–H groups in total. The fourth-order valence-corrected chi connectivity index (χ4v) is 8.79. The predicted octanol–water partition coefficient (Wildman–Crippen LogP) is 12.7. The molecule has 0 saturated carbocycles. The second kappa shape index (κ2) is 34.1. The van der Waals surface area contributed by atoms with E-state index in [9.17, 15) is 19.0 Å². The number of unbranched alkanes of at least 4 members (excludes halogenated alkanes) is 21. The lowest BCUT2D eigenvalue weighted by Gasteiger charge is -2.27. The van der Waals surface area contributed by atoms with Gasteiger partial charge < -0.3 is 35.1 Å². The number of nitrogens with one attached hydrogen (secondary N) is 1. The van der Waals surface area contributed by atoms with Gasteiger partial charge in [0, 0.05) is 31.4 Å². The molecule has 0 saturated heterocycles. The number of allylic oxidation sites excluding steroid dienone is 2. The Balaban J connectivity index is 1.45. The van der Waals surface area contributed by atoms with E-state index in [0.717, 1.165) is 55.1 Å². The summed E-state index contributed by atoms with van der Waals surface area (Å²) in [6, 6.07) is 7.63. The van der Waals surface area contributed by atoms with Gasteiger partial charge in [-0.25, -0.2) is 9.55 Å². The Labute approximate surface area is 385 Å². The topological polar surface area (TPSA) is 172 Å². The molecule has 2 heterocycles. The number of anilines is 3. The minimum atomic E-state index is -4.63. The van der Waals surface area contributed by atoms with Crippen molar-refractivity contribution in [1.29, 1.82) is 0 Å². The summed E-state index contributed by atoms with van der Waals surface area (Å²) in [7, 11) is -4.63. The third-order valence-electron chi connectivity index (χ3n) is 11.7. The molecule has 0 aliphatic carbocycles. The van der Waals surface area contributed by atoms with E-state index in [0.29, 0.717) is 37.6 Å². The molecule has 3 atom stereocenters. The Morgan fingerprint density at radius 2 is 1.31 bits per heavy atom. The fraction of sp³-hybridized carbons (Fsp3) is 0.740. The Morgan fingerprint density at radius 3 is 1.92 bits per heavy atom. The average Bonchev–Trinajstić information content (AvgIpc) is 3.65. The van der Waals surface area contributed by atoms with Crippen LogP contribution in [0.3, 0.4) is 0 Å². The van der Waals surface area contributed by atoms with E-state index in [1.54, 1.807) is 0 Å². The molecular formula is C50H85N4O9P.